The number of carbonyl (C=O) groups is 1. The number of rotatable bonds is 6. The second-order valence-electron chi connectivity index (χ2n) is 3.70. The van der Waals surface area contributed by atoms with Crippen molar-refractivity contribution in [1.82, 2.24) is 5.32 Å². The molecule has 1 aromatic rings. The molecule has 0 spiro atoms. The molecule has 1 amide bonds. The summed E-state index contributed by atoms with van der Waals surface area (Å²) in [6.45, 7) is 0.801. The molecule has 0 saturated heterocycles. The quantitative estimate of drug-likeness (QED) is 0.841. The minimum absolute atomic E-state index is 0. The van der Waals surface area contributed by atoms with Crippen LogP contribution in [-0.2, 0) is 0 Å². The summed E-state index contributed by atoms with van der Waals surface area (Å²) in [6, 6.07) is 6.25. The SMILES string of the molecule is CCOc1ccc(C(=O)NCC(F)(F)CN)cc1.Cl. The van der Waals surface area contributed by atoms with E-state index in [4.69, 9.17) is 10.5 Å². The van der Waals surface area contributed by atoms with Crippen LogP contribution in [-0.4, -0.2) is 31.5 Å². The van der Waals surface area contributed by atoms with E-state index in [1.165, 1.54) is 12.1 Å². The molecule has 0 bridgehead atoms. The van der Waals surface area contributed by atoms with E-state index < -0.39 is 24.9 Å². The van der Waals surface area contributed by atoms with Crippen LogP contribution in [0.1, 0.15) is 17.3 Å². The highest BCUT2D eigenvalue weighted by Crippen LogP contribution is 2.13. The Hall–Kier alpha value is -1.40. The van der Waals surface area contributed by atoms with E-state index in [2.05, 4.69) is 5.32 Å². The first kappa shape index (κ1) is 17.6. The van der Waals surface area contributed by atoms with Gasteiger partial charge in [-0.05, 0) is 31.2 Å². The summed E-state index contributed by atoms with van der Waals surface area (Å²) in [6.07, 6.45) is 0. The third-order valence-electron chi connectivity index (χ3n) is 2.23. The van der Waals surface area contributed by atoms with Crippen LogP contribution >= 0.6 is 12.4 Å². The van der Waals surface area contributed by atoms with Crippen molar-refractivity contribution in [3.05, 3.63) is 29.8 Å². The zero-order valence-corrected chi connectivity index (χ0v) is 11.3. The Morgan fingerprint density at radius 3 is 2.42 bits per heavy atom. The van der Waals surface area contributed by atoms with Gasteiger partial charge in [0.2, 0.25) is 0 Å². The molecule has 1 aromatic carbocycles. The van der Waals surface area contributed by atoms with E-state index in [9.17, 15) is 13.6 Å². The van der Waals surface area contributed by atoms with Gasteiger partial charge in [0.25, 0.3) is 11.8 Å². The lowest BCUT2D eigenvalue weighted by Gasteiger charge is -2.14. The lowest BCUT2D eigenvalue weighted by Crippen LogP contribution is -2.41. The molecule has 0 atom stereocenters. The molecule has 0 unspecified atom stereocenters. The van der Waals surface area contributed by atoms with Crippen molar-refractivity contribution in [3.8, 4) is 5.75 Å². The van der Waals surface area contributed by atoms with E-state index in [0.717, 1.165) is 0 Å². The van der Waals surface area contributed by atoms with Gasteiger partial charge in [-0.1, -0.05) is 0 Å². The lowest BCUT2D eigenvalue weighted by molar-refractivity contribution is 0.0118. The first-order chi connectivity index (χ1) is 8.48. The first-order valence-electron chi connectivity index (χ1n) is 5.57. The Balaban J connectivity index is 0.00000324. The molecule has 7 heteroatoms. The number of ether oxygens (including phenoxy) is 1. The number of halogens is 3. The minimum atomic E-state index is -3.08. The number of carbonyl (C=O) groups excluding carboxylic acids is 1. The third kappa shape index (κ3) is 5.85. The van der Waals surface area contributed by atoms with Gasteiger partial charge < -0.3 is 15.8 Å². The highest BCUT2D eigenvalue weighted by Gasteiger charge is 2.27. The molecule has 4 nitrogen and oxygen atoms in total. The van der Waals surface area contributed by atoms with Crippen molar-refractivity contribution in [2.75, 3.05) is 19.7 Å². The molecule has 0 radical (unpaired) electrons. The van der Waals surface area contributed by atoms with E-state index in [1.54, 1.807) is 12.1 Å². The number of nitrogens with one attached hydrogen (secondary N) is 1. The second-order valence-corrected chi connectivity index (χ2v) is 3.70. The van der Waals surface area contributed by atoms with E-state index >= 15 is 0 Å². The number of amides is 1. The van der Waals surface area contributed by atoms with Crippen molar-refractivity contribution in [2.45, 2.75) is 12.8 Å². The topological polar surface area (TPSA) is 64.3 Å². The second kappa shape index (κ2) is 7.91. The standard InChI is InChI=1S/C12H16F2N2O2.ClH/c1-2-18-10-5-3-9(4-6-10)11(17)16-8-12(13,14)7-15;/h3-6H,2,7-8,15H2,1H3,(H,16,17);1H. The third-order valence-corrected chi connectivity index (χ3v) is 2.23. The van der Waals surface area contributed by atoms with E-state index in [-0.39, 0.29) is 12.4 Å². The monoisotopic (exact) mass is 294 g/mol. The van der Waals surface area contributed by atoms with Gasteiger partial charge in [-0.2, -0.15) is 0 Å². The van der Waals surface area contributed by atoms with Crippen LogP contribution in [0.3, 0.4) is 0 Å². The fourth-order valence-corrected chi connectivity index (χ4v) is 1.25. The summed E-state index contributed by atoms with van der Waals surface area (Å²) in [5, 5.41) is 2.13. The fourth-order valence-electron chi connectivity index (χ4n) is 1.25. The van der Waals surface area contributed by atoms with Crippen molar-refractivity contribution < 1.29 is 18.3 Å². The summed E-state index contributed by atoms with van der Waals surface area (Å²) < 4.78 is 30.9. The molecular formula is C12H17ClF2N2O2. The molecule has 1 rings (SSSR count). The van der Waals surface area contributed by atoms with Crippen LogP contribution in [0.4, 0.5) is 8.78 Å². The van der Waals surface area contributed by atoms with Crippen LogP contribution in [0.15, 0.2) is 24.3 Å². The Kier molecular flexibility index (Phi) is 7.33. The van der Waals surface area contributed by atoms with Crippen molar-refractivity contribution >= 4 is 18.3 Å². The van der Waals surface area contributed by atoms with Gasteiger partial charge in [0.05, 0.1) is 19.7 Å². The number of nitrogens with two attached hydrogens (primary N) is 1. The van der Waals surface area contributed by atoms with Crippen LogP contribution in [0, 0.1) is 0 Å². The molecular weight excluding hydrogens is 278 g/mol. The zero-order chi connectivity index (χ0) is 13.6. The van der Waals surface area contributed by atoms with Gasteiger partial charge in [-0.15, -0.1) is 12.4 Å². The summed E-state index contributed by atoms with van der Waals surface area (Å²) in [5.74, 6) is -3.02. The average molecular weight is 295 g/mol. The van der Waals surface area contributed by atoms with Crippen molar-refractivity contribution in [3.63, 3.8) is 0 Å². The maximum absolute atomic E-state index is 12.8. The molecule has 0 aromatic heterocycles. The van der Waals surface area contributed by atoms with Crippen LogP contribution in [0.25, 0.3) is 0 Å². The normalized spacial score (nSPS) is 10.5. The summed E-state index contributed by atoms with van der Waals surface area (Å²) in [7, 11) is 0. The summed E-state index contributed by atoms with van der Waals surface area (Å²) in [5.41, 5.74) is 5.16. The highest BCUT2D eigenvalue weighted by molar-refractivity contribution is 5.94. The number of benzene rings is 1. The first-order valence-corrected chi connectivity index (χ1v) is 5.57. The van der Waals surface area contributed by atoms with Crippen molar-refractivity contribution in [1.29, 1.82) is 0 Å². The molecule has 0 saturated carbocycles. The van der Waals surface area contributed by atoms with E-state index in [0.29, 0.717) is 17.9 Å². The van der Waals surface area contributed by atoms with Gasteiger partial charge in [-0.25, -0.2) is 8.78 Å². The van der Waals surface area contributed by atoms with Gasteiger partial charge in [0.15, 0.2) is 0 Å². The number of alkyl halides is 2. The maximum atomic E-state index is 12.8. The van der Waals surface area contributed by atoms with Crippen LogP contribution in [0.2, 0.25) is 0 Å². The predicted octanol–water partition coefficient (Wildman–Crippen LogP) is 1.83. The van der Waals surface area contributed by atoms with E-state index in [1.807, 2.05) is 6.92 Å². The predicted molar refractivity (Wildman–Crippen MR) is 71.2 cm³/mol. The Morgan fingerprint density at radius 1 is 1.37 bits per heavy atom. The molecule has 0 aliphatic heterocycles. The molecule has 0 aliphatic carbocycles. The molecule has 0 aliphatic rings. The van der Waals surface area contributed by atoms with Gasteiger partial charge in [0, 0.05) is 5.56 Å². The average Bonchev–Trinajstić information content (AvgIpc) is 2.37. The summed E-state index contributed by atoms with van der Waals surface area (Å²) in [4.78, 5) is 11.6. The van der Waals surface area contributed by atoms with Gasteiger partial charge in [0.1, 0.15) is 5.75 Å². The van der Waals surface area contributed by atoms with Crippen LogP contribution in [0.5, 0.6) is 5.75 Å². The lowest BCUT2D eigenvalue weighted by atomic mass is 10.2. The van der Waals surface area contributed by atoms with Crippen molar-refractivity contribution in [2.24, 2.45) is 5.73 Å². The van der Waals surface area contributed by atoms with Gasteiger partial charge in [-0.3, -0.25) is 4.79 Å². The molecule has 3 N–H and O–H groups in total. The smallest absolute Gasteiger partial charge is 0.277 e. The number of hydrogen-bond acceptors (Lipinski definition) is 3. The number of hydrogen-bond donors (Lipinski definition) is 2. The minimum Gasteiger partial charge on any atom is -0.494 e. The fraction of sp³-hybridized carbons (Fsp3) is 0.417. The maximum Gasteiger partial charge on any atom is 0.277 e. The van der Waals surface area contributed by atoms with Crippen LogP contribution < -0.4 is 15.8 Å². The van der Waals surface area contributed by atoms with Gasteiger partial charge >= 0.3 is 0 Å². The molecule has 19 heavy (non-hydrogen) atoms. The Morgan fingerprint density at radius 2 is 1.95 bits per heavy atom. The molecule has 0 heterocycles. The molecule has 0 fully saturated rings. The Labute approximate surface area is 116 Å². The largest absolute Gasteiger partial charge is 0.494 e. The highest BCUT2D eigenvalue weighted by atomic mass is 35.5. The Bertz CT molecular complexity index is 399. The molecule has 108 valence electrons. The summed E-state index contributed by atoms with van der Waals surface area (Å²) >= 11 is 0. The zero-order valence-electron chi connectivity index (χ0n) is 10.5.